The van der Waals surface area contributed by atoms with Crippen LogP contribution in [0.1, 0.15) is 0 Å². The van der Waals surface area contributed by atoms with Crippen LogP contribution in [0.2, 0.25) is 0 Å². The van der Waals surface area contributed by atoms with Crippen LogP contribution >= 0.6 is 11.8 Å². The smallest absolute Gasteiger partial charge is 0.314 e. The van der Waals surface area contributed by atoms with Gasteiger partial charge in [-0.1, -0.05) is 0 Å². The van der Waals surface area contributed by atoms with E-state index < -0.39 is 22.8 Å². The van der Waals surface area contributed by atoms with Crippen molar-refractivity contribution in [2.24, 2.45) is 0 Å². The number of aromatic nitrogens is 2. The lowest BCUT2D eigenvalue weighted by Gasteiger charge is -2.02. The molecule has 0 bridgehead atoms. The third-order valence-electron chi connectivity index (χ3n) is 0.856. The van der Waals surface area contributed by atoms with E-state index in [1.165, 1.54) is 0 Å². The van der Waals surface area contributed by atoms with Crippen LogP contribution in [0.25, 0.3) is 0 Å². The first kappa shape index (κ1) is 9.11. The van der Waals surface area contributed by atoms with Crippen molar-refractivity contribution < 1.29 is 13.2 Å². The van der Waals surface area contributed by atoms with Gasteiger partial charge in [-0.3, -0.25) is 9.78 Å². The number of hydrogen-bond acceptors (Lipinski definition) is 3. The summed E-state index contributed by atoms with van der Waals surface area (Å²) in [6.45, 7) is 0. The molecule has 0 spiro atoms. The molecule has 1 aromatic heterocycles. The highest BCUT2D eigenvalue weighted by molar-refractivity contribution is 8.00. The zero-order valence-electron chi connectivity index (χ0n) is 5.55. The van der Waals surface area contributed by atoms with Crippen LogP contribution in [0, 0.1) is 0 Å². The lowest BCUT2D eigenvalue weighted by atomic mass is 10.7. The molecule has 1 aromatic rings. The molecule has 0 fully saturated rings. The van der Waals surface area contributed by atoms with Crippen molar-refractivity contribution in [3.05, 3.63) is 22.7 Å². The Kier molecular flexibility index (Phi) is 2.41. The maximum absolute atomic E-state index is 11.7. The normalized spacial score (nSPS) is 11.6. The quantitative estimate of drug-likeness (QED) is 0.690. The molecule has 3 nitrogen and oxygen atoms in total. The number of rotatable bonds is 1. The Labute approximate surface area is 69.0 Å². The van der Waals surface area contributed by atoms with Crippen molar-refractivity contribution in [3.8, 4) is 0 Å². The van der Waals surface area contributed by atoms with E-state index in [1.807, 2.05) is 4.98 Å². The number of nitrogens with zero attached hydrogens (tertiary/aromatic N) is 1. The van der Waals surface area contributed by atoms with Gasteiger partial charge >= 0.3 is 5.51 Å². The van der Waals surface area contributed by atoms with E-state index in [2.05, 4.69) is 4.98 Å². The van der Waals surface area contributed by atoms with Gasteiger partial charge in [-0.05, 0) is 0 Å². The number of halogens is 3. The fourth-order valence-electron chi connectivity index (χ4n) is 0.535. The number of nitrogens with one attached hydrogen (secondary N) is 1. The van der Waals surface area contributed by atoms with E-state index in [4.69, 9.17) is 0 Å². The van der Waals surface area contributed by atoms with Crippen molar-refractivity contribution in [1.82, 2.24) is 9.97 Å². The second kappa shape index (κ2) is 3.18. The van der Waals surface area contributed by atoms with Gasteiger partial charge in [0.05, 0.1) is 12.4 Å². The Bertz CT molecular complexity index is 321. The maximum Gasteiger partial charge on any atom is 0.447 e. The first-order valence-corrected chi connectivity index (χ1v) is 3.59. The van der Waals surface area contributed by atoms with Gasteiger partial charge in [-0.2, -0.15) is 13.2 Å². The highest BCUT2D eigenvalue weighted by atomic mass is 32.2. The van der Waals surface area contributed by atoms with Gasteiger partial charge in [-0.25, -0.2) is 0 Å². The molecular weight excluding hydrogens is 193 g/mol. The predicted molar refractivity (Wildman–Crippen MR) is 36.8 cm³/mol. The molecule has 0 aliphatic carbocycles. The maximum atomic E-state index is 11.7. The minimum absolute atomic E-state index is 0.310. The number of hydrogen-bond donors (Lipinski definition) is 1. The lowest BCUT2D eigenvalue weighted by Crippen LogP contribution is -2.08. The minimum Gasteiger partial charge on any atom is -0.314 e. The summed E-state index contributed by atoms with van der Waals surface area (Å²) in [6, 6.07) is 0. The molecule has 1 rings (SSSR count). The summed E-state index contributed by atoms with van der Waals surface area (Å²) in [5.41, 5.74) is -5.05. The van der Waals surface area contributed by atoms with Crippen molar-refractivity contribution >= 4 is 11.8 Å². The summed E-state index contributed by atoms with van der Waals surface area (Å²) < 4.78 is 35.1. The van der Waals surface area contributed by atoms with E-state index >= 15 is 0 Å². The van der Waals surface area contributed by atoms with Crippen LogP contribution in [0.3, 0.4) is 0 Å². The monoisotopic (exact) mass is 196 g/mol. The van der Waals surface area contributed by atoms with Crippen molar-refractivity contribution in [2.45, 2.75) is 10.5 Å². The van der Waals surface area contributed by atoms with Gasteiger partial charge in [0.2, 0.25) is 0 Å². The summed E-state index contributed by atoms with van der Waals surface area (Å²) in [6.07, 6.45) is 1.85. The van der Waals surface area contributed by atoms with E-state index in [0.29, 0.717) is 0 Å². The van der Waals surface area contributed by atoms with Crippen LogP contribution in [0.4, 0.5) is 13.2 Å². The zero-order valence-corrected chi connectivity index (χ0v) is 6.37. The first-order valence-electron chi connectivity index (χ1n) is 2.77. The predicted octanol–water partition coefficient (Wildman–Crippen LogP) is 1.38. The van der Waals surface area contributed by atoms with Crippen LogP contribution in [-0.2, 0) is 0 Å². The molecular formula is C5H3F3N2OS. The number of thioether (sulfide) groups is 1. The fourth-order valence-corrected chi connectivity index (χ4v) is 1.05. The van der Waals surface area contributed by atoms with Crippen molar-refractivity contribution in [1.29, 1.82) is 0 Å². The summed E-state index contributed by atoms with van der Waals surface area (Å²) in [5.74, 6) is 0. The van der Waals surface area contributed by atoms with E-state index in [0.717, 1.165) is 12.4 Å². The highest BCUT2D eigenvalue weighted by Gasteiger charge is 2.29. The molecule has 1 N–H and O–H groups in total. The van der Waals surface area contributed by atoms with Crippen LogP contribution < -0.4 is 5.56 Å². The molecule has 0 atom stereocenters. The van der Waals surface area contributed by atoms with Gasteiger partial charge in [0.25, 0.3) is 5.56 Å². The van der Waals surface area contributed by atoms with E-state index in [9.17, 15) is 18.0 Å². The molecule has 0 aliphatic heterocycles. The second-order valence-electron chi connectivity index (χ2n) is 1.81. The minimum atomic E-state index is -4.40. The van der Waals surface area contributed by atoms with E-state index in [-0.39, 0.29) is 5.03 Å². The standard InChI is InChI=1S/C5H3F3N2OS/c6-5(7,8)12-4-2-9-1-3(11)10-4/h1-2H,(H,10,11). The fraction of sp³-hybridized carbons (Fsp3) is 0.200. The Balaban J connectivity index is 2.84. The highest BCUT2D eigenvalue weighted by Crippen LogP contribution is 2.34. The summed E-state index contributed by atoms with van der Waals surface area (Å²) >= 11 is -0.403. The van der Waals surface area contributed by atoms with Crippen LogP contribution in [0.5, 0.6) is 0 Å². The third-order valence-corrected chi connectivity index (χ3v) is 1.51. The molecule has 66 valence electrons. The largest absolute Gasteiger partial charge is 0.447 e. The van der Waals surface area contributed by atoms with Gasteiger partial charge in [0.15, 0.2) is 0 Å². The SMILES string of the molecule is O=c1cncc(SC(F)(F)F)[nH]1. The van der Waals surface area contributed by atoms with Crippen molar-refractivity contribution in [3.63, 3.8) is 0 Å². The average Bonchev–Trinajstić information content (AvgIpc) is 1.82. The molecule has 0 radical (unpaired) electrons. The first-order chi connectivity index (χ1) is 5.47. The molecule has 0 saturated heterocycles. The lowest BCUT2D eigenvalue weighted by molar-refractivity contribution is -0.0329. The summed E-state index contributed by atoms with van der Waals surface area (Å²) in [7, 11) is 0. The third kappa shape index (κ3) is 2.95. The Morgan fingerprint density at radius 1 is 1.42 bits per heavy atom. The second-order valence-corrected chi connectivity index (χ2v) is 2.92. The Hall–Kier alpha value is -0.980. The molecule has 7 heteroatoms. The molecule has 12 heavy (non-hydrogen) atoms. The average molecular weight is 196 g/mol. The topological polar surface area (TPSA) is 45.8 Å². The molecule has 0 saturated carbocycles. The van der Waals surface area contributed by atoms with Gasteiger partial charge in [-0.15, -0.1) is 0 Å². The van der Waals surface area contributed by atoms with Crippen LogP contribution in [0.15, 0.2) is 22.2 Å². The Morgan fingerprint density at radius 3 is 2.58 bits per heavy atom. The molecule has 0 amide bonds. The Morgan fingerprint density at radius 2 is 2.08 bits per heavy atom. The molecule has 0 aliphatic rings. The molecule has 0 aromatic carbocycles. The number of H-pyrrole nitrogens is 1. The number of aromatic amines is 1. The van der Waals surface area contributed by atoms with Gasteiger partial charge in [0, 0.05) is 11.8 Å². The van der Waals surface area contributed by atoms with Crippen LogP contribution in [-0.4, -0.2) is 15.5 Å². The molecule has 1 heterocycles. The number of alkyl halides is 3. The van der Waals surface area contributed by atoms with E-state index in [1.54, 1.807) is 0 Å². The summed E-state index contributed by atoms with van der Waals surface area (Å²) in [5, 5.41) is -0.310. The van der Waals surface area contributed by atoms with Crippen molar-refractivity contribution in [2.75, 3.05) is 0 Å². The zero-order chi connectivity index (χ0) is 9.19. The molecule has 0 unspecified atom stereocenters. The van der Waals surface area contributed by atoms with Gasteiger partial charge < -0.3 is 4.98 Å². The summed E-state index contributed by atoms with van der Waals surface area (Å²) in [4.78, 5) is 15.8. The van der Waals surface area contributed by atoms with Gasteiger partial charge in [0.1, 0.15) is 5.03 Å².